The van der Waals surface area contributed by atoms with Crippen molar-refractivity contribution in [1.29, 1.82) is 0 Å². The van der Waals surface area contributed by atoms with Crippen LogP contribution in [0.25, 0.3) is 22.7 Å². The lowest BCUT2D eigenvalue weighted by Crippen LogP contribution is -2.15. The highest BCUT2D eigenvalue weighted by Gasteiger charge is 2.14. The van der Waals surface area contributed by atoms with Gasteiger partial charge in [-0.15, -0.1) is 0 Å². The predicted octanol–water partition coefficient (Wildman–Crippen LogP) is 5.58. The molecule has 0 atom stereocenters. The molecule has 0 unspecified atom stereocenters. The summed E-state index contributed by atoms with van der Waals surface area (Å²) in [6.07, 6.45) is 0. The van der Waals surface area contributed by atoms with E-state index in [2.05, 4.69) is 15.6 Å². The van der Waals surface area contributed by atoms with E-state index in [0.29, 0.717) is 27.9 Å². The highest BCUT2D eigenvalue weighted by atomic mass is 35.5. The number of nitrogens with zero attached hydrogens (tertiary/aromatic N) is 2. The van der Waals surface area contributed by atoms with Gasteiger partial charge in [0.05, 0.1) is 19.2 Å². The van der Waals surface area contributed by atoms with Gasteiger partial charge in [0.1, 0.15) is 17.3 Å². The molecule has 0 fully saturated rings. The van der Waals surface area contributed by atoms with Crippen molar-refractivity contribution >= 4 is 23.8 Å². The Balaban J connectivity index is 1.56. The molecular weight excluding hydrogens is 408 g/mol. The van der Waals surface area contributed by atoms with Crippen molar-refractivity contribution < 1.29 is 9.15 Å². The molecule has 0 bridgehead atoms. The van der Waals surface area contributed by atoms with E-state index < -0.39 is 0 Å². The van der Waals surface area contributed by atoms with Gasteiger partial charge in [0.15, 0.2) is 5.82 Å². The number of nitrogens with one attached hydrogen (secondary N) is 2. The predicted molar refractivity (Wildman–Crippen MR) is 116 cm³/mol. The first-order chi connectivity index (χ1) is 14.1. The Bertz CT molecular complexity index is 1210. The van der Waals surface area contributed by atoms with Crippen molar-refractivity contribution in [1.82, 2.24) is 14.9 Å². The standard InChI is InChI=1S/C21H19ClN4O2S/c1-13-7-8-14(11-17(13)22)18-10-9-15(28-18)12-23-26-20(24-25-21(26)29)16-5-3-4-6-19(16)27-2/h3-11,23H,12H2,1-2H3,(H,25,29). The molecule has 0 amide bonds. The van der Waals surface area contributed by atoms with E-state index in [1.165, 1.54) is 0 Å². The SMILES string of the molecule is COc1ccccc1-c1n[nH]c(=S)n1NCc1ccc(-c2ccc(C)c(Cl)c2)o1. The summed E-state index contributed by atoms with van der Waals surface area (Å²) in [5.74, 6) is 2.85. The number of aromatic nitrogens is 3. The van der Waals surface area contributed by atoms with Crippen LogP contribution in [0.4, 0.5) is 0 Å². The lowest BCUT2D eigenvalue weighted by Gasteiger charge is -2.11. The number of methoxy groups -OCH3 is 1. The number of hydrogen-bond donors (Lipinski definition) is 2. The molecule has 0 saturated carbocycles. The smallest absolute Gasteiger partial charge is 0.214 e. The van der Waals surface area contributed by atoms with Crippen LogP contribution in [0.5, 0.6) is 5.75 Å². The van der Waals surface area contributed by atoms with Crippen molar-refractivity contribution in [2.45, 2.75) is 13.5 Å². The molecule has 8 heteroatoms. The Morgan fingerprint density at radius 3 is 2.83 bits per heavy atom. The average Bonchev–Trinajstić information content (AvgIpc) is 3.35. The fraction of sp³-hybridized carbons (Fsp3) is 0.143. The summed E-state index contributed by atoms with van der Waals surface area (Å²) in [5.41, 5.74) is 6.04. The van der Waals surface area contributed by atoms with Crippen molar-refractivity contribution in [3.8, 4) is 28.5 Å². The third-order valence-corrected chi connectivity index (χ3v) is 5.23. The molecule has 2 aromatic heterocycles. The van der Waals surface area contributed by atoms with E-state index in [1.54, 1.807) is 11.8 Å². The maximum absolute atomic E-state index is 6.23. The van der Waals surface area contributed by atoms with Crippen LogP contribution >= 0.6 is 23.8 Å². The van der Waals surface area contributed by atoms with Crippen LogP contribution in [0, 0.1) is 11.7 Å². The Morgan fingerprint density at radius 2 is 2.03 bits per heavy atom. The van der Waals surface area contributed by atoms with Gasteiger partial charge in [-0.25, -0.2) is 9.77 Å². The molecular formula is C21H19ClN4O2S. The highest BCUT2D eigenvalue weighted by Crippen LogP contribution is 2.29. The molecule has 0 aliphatic carbocycles. The number of furan rings is 1. The monoisotopic (exact) mass is 426 g/mol. The maximum atomic E-state index is 6.23. The Kier molecular flexibility index (Phi) is 5.42. The molecule has 0 radical (unpaired) electrons. The molecule has 0 saturated heterocycles. The fourth-order valence-corrected chi connectivity index (χ4v) is 3.36. The van der Waals surface area contributed by atoms with E-state index in [-0.39, 0.29) is 0 Å². The molecule has 148 valence electrons. The number of para-hydroxylation sites is 1. The zero-order valence-electron chi connectivity index (χ0n) is 15.9. The first kappa shape index (κ1) is 19.3. The Morgan fingerprint density at radius 1 is 1.21 bits per heavy atom. The van der Waals surface area contributed by atoms with Crippen LogP contribution in [-0.4, -0.2) is 22.0 Å². The number of aromatic amines is 1. The average molecular weight is 427 g/mol. The third kappa shape index (κ3) is 3.92. The lowest BCUT2D eigenvalue weighted by atomic mass is 10.1. The third-order valence-electron chi connectivity index (χ3n) is 4.55. The van der Waals surface area contributed by atoms with Gasteiger partial charge in [-0.3, -0.25) is 0 Å². The van der Waals surface area contributed by atoms with Gasteiger partial charge in [0.25, 0.3) is 0 Å². The van der Waals surface area contributed by atoms with E-state index in [0.717, 1.165) is 28.2 Å². The van der Waals surface area contributed by atoms with Gasteiger partial charge < -0.3 is 14.6 Å². The quantitative estimate of drug-likeness (QED) is 0.394. The molecule has 2 N–H and O–H groups in total. The first-order valence-electron chi connectivity index (χ1n) is 8.96. The molecule has 2 heterocycles. The number of H-pyrrole nitrogens is 1. The van der Waals surface area contributed by atoms with Crippen molar-refractivity contribution in [2.75, 3.05) is 12.5 Å². The number of halogens is 1. The van der Waals surface area contributed by atoms with Crippen LogP contribution < -0.4 is 10.2 Å². The second-order valence-electron chi connectivity index (χ2n) is 6.45. The van der Waals surface area contributed by atoms with Crippen LogP contribution in [0.2, 0.25) is 5.02 Å². The first-order valence-corrected chi connectivity index (χ1v) is 9.75. The van der Waals surface area contributed by atoms with Crippen LogP contribution in [0.15, 0.2) is 59.0 Å². The summed E-state index contributed by atoms with van der Waals surface area (Å²) < 4.78 is 13.6. The second kappa shape index (κ2) is 8.14. The lowest BCUT2D eigenvalue weighted by molar-refractivity contribution is 0.416. The molecule has 4 rings (SSSR count). The van der Waals surface area contributed by atoms with Gasteiger partial charge >= 0.3 is 0 Å². The minimum Gasteiger partial charge on any atom is -0.496 e. The summed E-state index contributed by atoms with van der Waals surface area (Å²) in [7, 11) is 1.62. The number of ether oxygens (including phenoxy) is 1. The number of benzene rings is 2. The molecule has 4 aromatic rings. The molecule has 6 nitrogen and oxygen atoms in total. The Hall–Kier alpha value is -3.03. The Labute approximate surface area is 178 Å². The minimum absolute atomic E-state index is 0.426. The molecule has 2 aromatic carbocycles. The fourth-order valence-electron chi connectivity index (χ4n) is 2.98. The van der Waals surface area contributed by atoms with Gasteiger partial charge in [-0.1, -0.05) is 35.9 Å². The van der Waals surface area contributed by atoms with Gasteiger partial charge in [0.2, 0.25) is 4.77 Å². The highest BCUT2D eigenvalue weighted by molar-refractivity contribution is 7.71. The van der Waals surface area contributed by atoms with E-state index in [9.17, 15) is 0 Å². The summed E-state index contributed by atoms with van der Waals surface area (Å²) in [6.45, 7) is 2.40. The normalized spacial score (nSPS) is 10.9. The van der Waals surface area contributed by atoms with Gasteiger partial charge in [0, 0.05) is 10.6 Å². The molecule has 0 aliphatic rings. The summed E-state index contributed by atoms with van der Waals surface area (Å²) in [5, 5.41) is 7.87. The van der Waals surface area contributed by atoms with E-state index in [1.807, 2.05) is 61.5 Å². The van der Waals surface area contributed by atoms with Crippen LogP contribution in [-0.2, 0) is 6.54 Å². The molecule has 0 aliphatic heterocycles. The van der Waals surface area contributed by atoms with Crippen molar-refractivity contribution in [3.05, 3.63) is 75.7 Å². The molecule has 0 spiro atoms. The largest absolute Gasteiger partial charge is 0.496 e. The number of rotatable bonds is 6. The zero-order chi connectivity index (χ0) is 20.4. The summed E-state index contributed by atoms with van der Waals surface area (Å²) in [6, 6.07) is 17.3. The summed E-state index contributed by atoms with van der Waals surface area (Å²) >= 11 is 11.6. The summed E-state index contributed by atoms with van der Waals surface area (Å²) in [4.78, 5) is 0. The van der Waals surface area contributed by atoms with Crippen molar-refractivity contribution in [3.63, 3.8) is 0 Å². The molecule has 29 heavy (non-hydrogen) atoms. The van der Waals surface area contributed by atoms with Gasteiger partial charge in [-0.2, -0.15) is 5.10 Å². The van der Waals surface area contributed by atoms with Crippen molar-refractivity contribution in [2.24, 2.45) is 0 Å². The second-order valence-corrected chi connectivity index (χ2v) is 7.25. The minimum atomic E-state index is 0.426. The maximum Gasteiger partial charge on any atom is 0.214 e. The van der Waals surface area contributed by atoms with E-state index in [4.69, 9.17) is 33.0 Å². The zero-order valence-corrected chi connectivity index (χ0v) is 17.5. The van der Waals surface area contributed by atoms with Crippen LogP contribution in [0.3, 0.4) is 0 Å². The topological polar surface area (TPSA) is 68.0 Å². The van der Waals surface area contributed by atoms with Gasteiger partial charge in [-0.05, 0) is 55.0 Å². The van der Waals surface area contributed by atoms with E-state index >= 15 is 0 Å². The number of aryl methyl sites for hydroxylation is 1. The van der Waals surface area contributed by atoms with Crippen LogP contribution in [0.1, 0.15) is 11.3 Å². The number of hydrogen-bond acceptors (Lipinski definition) is 5.